The molecule has 0 aliphatic carbocycles. The molecule has 2 unspecified atom stereocenters. The Hall–Kier alpha value is -1.57. The largest absolute Gasteiger partial charge is 0.495 e. The molecule has 2 atom stereocenters. The summed E-state index contributed by atoms with van der Waals surface area (Å²) < 4.78 is 5.21. The van der Waals surface area contributed by atoms with Crippen LogP contribution in [0.25, 0.3) is 0 Å². The van der Waals surface area contributed by atoms with Crippen molar-refractivity contribution in [1.82, 2.24) is 4.90 Å². The highest BCUT2D eigenvalue weighted by Crippen LogP contribution is 2.32. The van der Waals surface area contributed by atoms with Crippen molar-refractivity contribution in [2.75, 3.05) is 20.2 Å². The van der Waals surface area contributed by atoms with Crippen LogP contribution in [0.5, 0.6) is 5.75 Å². The maximum atomic E-state index is 9.23. The second kappa shape index (κ2) is 6.74. The maximum absolute atomic E-state index is 9.23. The van der Waals surface area contributed by atoms with Crippen molar-refractivity contribution in [2.24, 2.45) is 5.73 Å². The highest BCUT2D eigenvalue weighted by molar-refractivity contribution is 5.46. The van der Waals surface area contributed by atoms with E-state index in [1.165, 1.54) is 0 Å². The minimum atomic E-state index is 0.134. The third-order valence-electron chi connectivity index (χ3n) is 3.98. The Balaban J connectivity index is 2.34. The van der Waals surface area contributed by atoms with Crippen LogP contribution in [0.2, 0.25) is 0 Å². The van der Waals surface area contributed by atoms with Gasteiger partial charge in [-0.25, -0.2) is 0 Å². The molecule has 4 heteroatoms. The number of benzene rings is 1. The minimum Gasteiger partial charge on any atom is -0.495 e. The van der Waals surface area contributed by atoms with Crippen molar-refractivity contribution < 1.29 is 4.74 Å². The molecule has 1 aliphatic rings. The summed E-state index contributed by atoms with van der Waals surface area (Å²) in [6.45, 7) is 4.32. The van der Waals surface area contributed by atoms with Gasteiger partial charge in [0.25, 0.3) is 0 Å². The van der Waals surface area contributed by atoms with Gasteiger partial charge >= 0.3 is 0 Å². The molecular weight excluding hydrogens is 250 g/mol. The van der Waals surface area contributed by atoms with Crippen LogP contribution in [0.1, 0.15) is 43.4 Å². The number of nitrogens with two attached hydrogens (primary N) is 1. The topological polar surface area (TPSA) is 62.3 Å². The van der Waals surface area contributed by atoms with Crippen LogP contribution in [0, 0.1) is 11.3 Å². The number of piperidine rings is 1. The van der Waals surface area contributed by atoms with Crippen LogP contribution in [0.3, 0.4) is 0 Å². The zero-order chi connectivity index (χ0) is 14.5. The molecule has 0 saturated carbocycles. The van der Waals surface area contributed by atoms with Gasteiger partial charge in [-0.15, -0.1) is 0 Å². The first-order valence-corrected chi connectivity index (χ1v) is 7.29. The molecule has 1 heterocycles. The van der Waals surface area contributed by atoms with E-state index in [1.807, 2.05) is 18.2 Å². The Morgan fingerprint density at radius 3 is 2.95 bits per heavy atom. The highest BCUT2D eigenvalue weighted by Gasteiger charge is 2.30. The van der Waals surface area contributed by atoms with E-state index in [0.717, 1.165) is 37.9 Å². The van der Waals surface area contributed by atoms with Gasteiger partial charge in [-0.05, 0) is 50.0 Å². The molecule has 1 aliphatic heterocycles. The van der Waals surface area contributed by atoms with Gasteiger partial charge in [0.1, 0.15) is 11.8 Å². The first-order valence-electron chi connectivity index (χ1n) is 7.29. The molecule has 108 valence electrons. The molecule has 2 N–H and O–H groups in total. The van der Waals surface area contributed by atoms with Gasteiger partial charge in [0, 0.05) is 12.1 Å². The zero-order valence-corrected chi connectivity index (χ0v) is 12.3. The fourth-order valence-corrected chi connectivity index (χ4v) is 3.09. The van der Waals surface area contributed by atoms with E-state index in [0.29, 0.717) is 11.3 Å². The summed E-state index contributed by atoms with van der Waals surface area (Å²) >= 11 is 0. The van der Waals surface area contributed by atoms with Crippen molar-refractivity contribution in [3.8, 4) is 11.8 Å². The molecule has 1 aromatic rings. The summed E-state index contributed by atoms with van der Waals surface area (Å²) in [5, 5.41) is 9.23. The maximum Gasteiger partial charge on any atom is 0.136 e. The standard InChI is InChI=1S/C16H23N3O/c1-3-8-19-9-4-5-14(18)16(19)12-6-7-15(20-2)13(10-12)11-17/h6-7,10,14,16H,3-5,8-9,18H2,1-2H3. The molecule has 20 heavy (non-hydrogen) atoms. The van der Waals surface area contributed by atoms with Crippen LogP contribution in [-0.4, -0.2) is 31.1 Å². The summed E-state index contributed by atoms with van der Waals surface area (Å²) in [6.07, 6.45) is 3.31. The van der Waals surface area contributed by atoms with Crippen LogP contribution >= 0.6 is 0 Å². The van der Waals surface area contributed by atoms with Gasteiger partial charge in [0.2, 0.25) is 0 Å². The van der Waals surface area contributed by atoms with Crippen LogP contribution in [0.15, 0.2) is 18.2 Å². The molecule has 1 aromatic carbocycles. The smallest absolute Gasteiger partial charge is 0.136 e. The lowest BCUT2D eigenvalue weighted by Gasteiger charge is -2.40. The van der Waals surface area contributed by atoms with E-state index >= 15 is 0 Å². The number of likely N-dealkylation sites (tertiary alicyclic amines) is 1. The molecule has 1 saturated heterocycles. The lowest BCUT2D eigenvalue weighted by atomic mass is 9.90. The van der Waals surface area contributed by atoms with Crippen LogP contribution in [0.4, 0.5) is 0 Å². The second-order valence-electron chi connectivity index (χ2n) is 5.36. The summed E-state index contributed by atoms with van der Waals surface area (Å²) in [5.74, 6) is 0.627. The van der Waals surface area contributed by atoms with Crippen LogP contribution in [-0.2, 0) is 0 Å². The van der Waals surface area contributed by atoms with Crippen LogP contribution < -0.4 is 10.5 Å². The Labute approximate surface area is 121 Å². The molecular formula is C16H23N3O. The Kier molecular flexibility index (Phi) is 4.99. The van der Waals surface area contributed by atoms with Crippen molar-refractivity contribution in [3.63, 3.8) is 0 Å². The van der Waals surface area contributed by atoms with E-state index in [-0.39, 0.29) is 12.1 Å². The molecule has 2 rings (SSSR count). The molecule has 0 bridgehead atoms. The third-order valence-corrected chi connectivity index (χ3v) is 3.98. The molecule has 0 spiro atoms. The number of ether oxygens (including phenoxy) is 1. The average Bonchev–Trinajstić information content (AvgIpc) is 2.47. The lowest BCUT2D eigenvalue weighted by Crippen LogP contribution is -2.46. The summed E-state index contributed by atoms with van der Waals surface area (Å²) in [4.78, 5) is 2.44. The van der Waals surface area contributed by atoms with E-state index < -0.39 is 0 Å². The Morgan fingerprint density at radius 1 is 1.50 bits per heavy atom. The van der Waals surface area contributed by atoms with E-state index in [1.54, 1.807) is 7.11 Å². The minimum absolute atomic E-state index is 0.134. The van der Waals surface area contributed by atoms with E-state index in [2.05, 4.69) is 17.9 Å². The van der Waals surface area contributed by atoms with Gasteiger partial charge in [-0.2, -0.15) is 5.26 Å². The molecule has 0 aromatic heterocycles. The fraction of sp³-hybridized carbons (Fsp3) is 0.562. The van der Waals surface area contributed by atoms with E-state index in [9.17, 15) is 5.26 Å². The predicted octanol–water partition coefficient (Wildman–Crippen LogP) is 2.44. The van der Waals surface area contributed by atoms with Gasteiger partial charge in [0.05, 0.1) is 12.7 Å². The molecule has 1 fully saturated rings. The fourth-order valence-electron chi connectivity index (χ4n) is 3.09. The van der Waals surface area contributed by atoms with E-state index in [4.69, 9.17) is 10.5 Å². The van der Waals surface area contributed by atoms with Crippen molar-refractivity contribution in [1.29, 1.82) is 5.26 Å². The van der Waals surface area contributed by atoms with Crippen molar-refractivity contribution >= 4 is 0 Å². The summed E-state index contributed by atoms with van der Waals surface area (Å²) in [6, 6.07) is 8.39. The zero-order valence-electron chi connectivity index (χ0n) is 12.3. The highest BCUT2D eigenvalue weighted by atomic mass is 16.5. The monoisotopic (exact) mass is 273 g/mol. The average molecular weight is 273 g/mol. The number of rotatable bonds is 4. The normalized spacial score (nSPS) is 23.3. The quantitative estimate of drug-likeness (QED) is 0.915. The number of hydrogen-bond donors (Lipinski definition) is 1. The van der Waals surface area contributed by atoms with Gasteiger partial charge in [-0.3, -0.25) is 4.90 Å². The molecule has 0 amide bonds. The van der Waals surface area contributed by atoms with Gasteiger partial charge in [-0.1, -0.05) is 13.0 Å². The van der Waals surface area contributed by atoms with Gasteiger partial charge in [0.15, 0.2) is 0 Å². The SMILES string of the molecule is CCCN1CCCC(N)C1c1ccc(OC)c(C#N)c1. The summed E-state index contributed by atoms with van der Waals surface area (Å²) in [7, 11) is 1.59. The number of nitrogens with zero attached hydrogens (tertiary/aromatic N) is 2. The van der Waals surface area contributed by atoms with Crippen molar-refractivity contribution in [3.05, 3.63) is 29.3 Å². The predicted molar refractivity (Wildman–Crippen MR) is 79.5 cm³/mol. The van der Waals surface area contributed by atoms with Gasteiger partial charge < -0.3 is 10.5 Å². The lowest BCUT2D eigenvalue weighted by molar-refractivity contribution is 0.128. The Bertz CT molecular complexity index is 493. The Morgan fingerprint density at radius 2 is 2.30 bits per heavy atom. The van der Waals surface area contributed by atoms with Crippen molar-refractivity contribution in [2.45, 2.75) is 38.3 Å². The number of methoxy groups -OCH3 is 1. The number of nitriles is 1. The molecule has 4 nitrogen and oxygen atoms in total. The third kappa shape index (κ3) is 2.95. The first-order chi connectivity index (χ1) is 9.71. The molecule has 0 radical (unpaired) electrons. The second-order valence-corrected chi connectivity index (χ2v) is 5.36. The number of hydrogen-bond acceptors (Lipinski definition) is 4. The first kappa shape index (κ1) is 14.8. The summed E-state index contributed by atoms with van der Waals surface area (Å²) in [5.41, 5.74) is 8.05.